The van der Waals surface area contributed by atoms with Crippen LogP contribution in [-0.4, -0.2) is 23.4 Å². The van der Waals surface area contributed by atoms with Gasteiger partial charge in [0, 0.05) is 29.6 Å². The maximum absolute atomic E-state index is 13.0. The smallest absolute Gasteiger partial charge is 0.242 e. The highest BCUT2D eigenvalue weighted by atomic mass is 32.2. The van der Waals surface area contributed by atoms with Gasteiger partial charge in [-0.15, -0.1) is 0 Å². The summed E-state index contributed by atoms with van der Waals surface area (Å²) in [5, 5.41) is 5.27. The summed E-state index contributed by atoms with van der Waals surface area (Å²) in [7, 11) is 0. The van der Waals surface area contributed by atoms with E-state index in [2.05, 4.69) is 94.1 Å². The Morgan fingerprint density at radius 1 is 1.29 bits per heavy atom. The topological polar surface area (TPSA) is 32.3 Å². The second kappa shape index (κ2) is 11.1. The Bertz CT molecular complexity index is 826. The molecule has 31 heavy (non-hydrogen) atoms. The van der Waals surface area contributed by atoms with E-state index in [1.807, 2.05) is 6.92 Å². The second-order valence-electron chi connectivity index (χ2n) is 9.76. The van der Waals surface area contributed by atoms with Crippen molar-refractivity contribution in [1.82, 2.24) is 10.2 Å². The molecule has 1 amide bonds. The quantitative estimate of drug-likeness (QED) is 0.473. The van der Waals surface area contributed by atoms with Crippen molar-refractivity contribution in [3.63, 3.8) is 0 Å². The minimum absolute atomic E-state index is 0.105. The Labute approximate surface area is 194 Å². The molecule has 0 aliphatic carbocycles. The predicted molar refractivity (Wildman–Crippen MR) is 136 cm³/mol. The number of nitrogens with one attached hydrogen (secondary N) is 1. The molecule has 170 valence electrons. The molecule has 0 spiro atoms. The minimum Gasteiger partial charge on any atom is -0.363 e. The van der Waals surface area contributed by atoms with Crippen molar-refractivity contribution in [2.45, 2.75) is 73.9 Å². The molecular formula is C27H40N2OS. The molecule has 1 aromatic rings. The molecule has 2 atom stereocenters. The summed E-state index contributed by atoms with van der Waals surface area (Å²) in [4.78, 5) is 16.5. The van der Waals surface area contributed by atoms with Gasteiger partial charge in [0.25, 0.3) is 0 Å². The normalized spacial score (nSPS) is 17.6. The first-order valence-corrected chi connectivity index (χ1v) is 12.2. The number of benzene rings is 1. The molecule has 0 radical (unpaired) electrons. The van der Waals surface area contributed by atoms with Crippen molar-refractivity contribution in [2.24, 2.45) is 11.3 Å². The van der Waals surface area contributed by atoms with Crippen LogP contribution in [0.3, 0.4) is 0 Å². The van der Waals surface area contributed by atoms with Gasteiger partial charge in [0.15, 0.2) is 0 Å². The van der Waals surface area contributed by atoms with E-state index in [9.17, 15) is 4.79 Å². The fraction of sp³-hybridized carbons (Fsp3) is 0.519. The molecule has 2 unspecified atom stereocenters. The Hall–Kier alpha value is -1.94. The van der Waals surface area contributed by atoms with Gasteiger partial charge in [-0.25, -0.2) is 0 Å². The van der Waals surface area contributed by atoms with Crippen LogP contribution in [0.25, 0.3) is 4.91 Å². The van der Waals surface area contributed by atoms with Crippen molar-refractivity contribution >= 4 is 22.6 Å². The fourth-order valence-corrected chi connectivity index (χ4v) is 4.60. The van der Waals surface area contributed by atoms with Crippen LogP contribution in [0, 0.1) is 11.3 Å². The van der Waals surface area contributed by atoms with Crippen LogP contribution in [0.2, 0.25) is 0 Å². The number of amides is 1. The number of hydrogen-bond acceptors (Lipinski definition) is 3. The van der Waals surface area contributed by atoms with Crippen molar-refractivity contribution in [1.29, 1.82) is 0 Å². The minimum atomic E-state index is -0.105. The number of carbonyl (C=O) groups is 1. The lowest BCUT2D eigenvalue weighted by Crippen LogP contribution is -2.44. The summed E-state index contributed by atoms with van der Waals surface area (Å²) in [5.74, 6) is 0.440. The lowest BCUT2D eigenvalue weighted by atomic mass is 9.80. The molecule has 1 saturated heterocycles. The van der Waals surface area contributed by atoms with Gasteiger partial charge in [-0.05, 0) is 55.6 Å². The standard InChI is InChI=1S/C27H40N2OS/c1-9-17-31-25(19(2)3)23-14-12-22(13-15-23)18-28-26(30)24-11-10-16-29(24)21(5)20(4)27(6,7)8/h9,12-15,17,20,24H,5,10-11,16,18H2,1-4,6-8H3,(H,28,30)/b17-9-. The summed E-state index contributed by atoms with van der Waals surface area (Å²) in [6.45, 7) is 21.0. The van der Waals surface area contributed by atoms with E-state index >= 15 is 0 Å². The van der Waals surface area contributed by atoms with Crippen LogP contribution in [0.4, 0.5) is 0 Å². The van der Waals surface area contributed by atoms with Crippen molar-refractivity contribution in [2.75, 3.05) is 6.54 Å². The molecule has 1 heterocycles. The summed E-state index contributed by atoms with van der Waals surface area (Å²) in [6.07, 6.45) is 3.99. The molecule has 3 nitrogen and oxygen atoms in total. The van der Waals surface area contributed by atoms with E-state index < -0.39 is 0 Å². The molecule has 0 bridgehead atoms. The van der Waals surface area contributed by atoms with Crippen molar-refractivity contribution < 1.29 is 4.79 Å². The molecule has 1 aliphatic heterocycles. The maximum Gasteiger partial charge on any atom is 0.242 e. The van der Waals surface area contributed by atoms with Crippen LogP contribution in [0.1, 0.15) is 72.4 Å². The van der Waals surface area contributed by atoms with E-state index in [4.69, 9.17) is 0 Å². The van der Waals surface area contributed by atoms with Crippen LogP contribution in [0.5, 0.6) is 0 Å². The van der Waals surface area contributed by atoms with Crippen molar-refractivity contribution in [3.8, 4) is 0 Å². The monoisotopic (exact) mass is 440 g/mol. The predicted octanol–water partition coefficient (Wildman–Crippen LogP) is 6.98. The third-order valence-corrected chi connectivity index (χ3v) is 7.47. The van der Waals surface area contributed by atoms with Crippen LogP contribution in [-0.2, 0) is 11.3 Å². The van der Waals surface area contributed by atoms with E-state index in [0.29, 0.717) is 12.5 Å². The van der Waals surface area contributed by atoms with E-state index in [1.54, 1.807) is 11.8 Å². The highest BCUT2D eigenvalue weighted by Gasteiger charge is 2.35. The fourth-order valence-electron chi connectivity index (χ4n) is 3.82. The first kappa shape index (κ1) is 25.3. The molecular weight excluding hydrogens is 400 g/mol. The maximum atomic E-state index is 13.0. The summed E-state index contributed by atoms with van der Waals surface area (Å²) >= 11 is 1.75. The highest BCUT2D eigenvalue weighted by molar-refractivity contribution is 8.10. The van der Waals surface area contributed by atoms with Crippen LogP contribution < -0.4 is 5.32 Å². The lowest BCUT2D eigenvalue weighted by Gasteiger charge is -2.37. The van der Waals surface area contributed by atoms with E-state index in [1.165, 1.54) is 16.0 Å². The Kier molecular flexibility index (Phi) is 9.05. The van der Waals surface area contributed by atoms with E-state index in [-0.39, 0.29) is 17.4 Å². The number of allylic oxidation sites excluding steroid dienone is 3. The van der Waals surface area contributed by atoms with E-state index in [0.717, 1.165) is 30.6 Å². The number of likely N-dealkylation sites (tertiary alicyclic amines) is 1. The molecule has 1 N–H and O–H groups in total. The Balaban J connectivity index is 2.00. The van der Waals surface area contributed by atoms with Gasteiger partial charge < -0.3 is 10.2 Å². The largest absolute Gasteiger partial charge is 0.363 e. The number of hydrogen-bond donors (Lipinski definition) is 1. The molecule has 1 fully saturated rings. The SMILES string of the molecule is C=C(C(C)C(C)(C)C)N1CCCC1C(=O)NCc1ccc(C(S/C=C\C)=C(C)C)cc1. The highest BCUT2D eigenvalue weighted by Crippen LogP contribution is 2.35. The Morgan fingerprint density at radius 2 is 1.94 bits per heavy atom. The molecule has 0 aromatic heterocycles. The van der Waals surface area contributed by atoms with Gasteiger partial charge in [0.05, 0.1) is 0 Å². The van der Waals surface area contributed by atoms with Crippen LogP contribution in [0.15, 0.2) is 53.6 Å². The van der Waals surface area contributed by atoms with Crippen LogP contribution >= 0.6 is 11.8 Å². The van der Waals surface area contributed by atoms with Gasteiger partial charge in [-0.2, -0.15) is 0 Å². The molecule has 1 aromatic carbocycles. The second-order valence-corrected chi connectivity index (χ2v) is 10.7. The number of nitrogens with zero attached hydrogens (tertiary/aromatic N) is 1. The summed E-state index contributed by atoms with van der Waals surface area (Å²) < 4.78 is 0. The number of carbonyl (C=O) groups excluding carboxylic acids is 1. The van der Waals surface area contributed by atoms with Gasteiger partial charge in [-0.1, -0.05) is 82.0 Å². The third kappa shape index (κ3) is 6.77. The summed E-state index contributed by atoms with van der Waals surface area (Å²) in [6, 6.07) is 8.42. The van der Waals surface area contributed by atoms with Gasteiger partial charge >= 0.3 is 0 Å². The van der Waals surface area contributed by atoms with Gasteiger partial charge in [0.2, 0.25) is 5.91 Å². The average Bonchev–Trinajstić information content (AvgIpc) is 3.21. The zero-order valence-electron chi connectivity index (χ0n) is 20.4. The summed E-state index contributed by atoms with van der Waals surface area (Å²) in [5.41, 5.74) is 4.86. The first-order chi connectivity index (χ1) is 14.6. The molecule has 0 saturated carbocycles. The van der Waals surface area contributed by atoms with Crippen molar-refractivity contribution in [3.05, 3.63) is 64.7 Å². The van der Waals surface area contributed by atoms with Gasteiger partial charge in [-0.3, -0.25) is 4.79 Å². The molecule has 4 heteroatoms. The Morgan fingerprint density at radius 3 is 2.48 bits per heavy atom. The molecule has 1 aliphatic rings. The zero-order chi connectivity index (χ0) is 23.2. The third-order valence-electron chi connectivity index (χ3n) is 6.18. The zero-order valence-corrected chi connectivity index (χ0v) is 21.2. The average molecular weight is 441 g/mol. The lowest BCUT2D eigenvalue weighted by molar-refractivity contribution is -0.125. The molecule has 2 rings (SSSR count). The number of thioether (sulfide) groups is 1. The first-order valence-electron chi connectivity index (χ1n) is 11.3. The van der Waals surface area contributed by atoms with Gasteiger partial charge in [0.1, 0.15) is 6.04 Å². The number of rotatable bonds is 8.